The number of piperidine rings is 1. The SMILES string of the molecule is CC1CCCC(C)N1C(=O)CSC(=S)N1CCCC1. The Bertz CT molecular complexity index is 332. The van der Waals surface area contributed by atoms with E-state index >= 15 is 0 Å². The summed E-state index contributed by atoms with van der Waals surface area (Å²) in [6.45, 7) is 6.46. The van der Waals surface area contributed by atoms with Crippen molar-refractivity contribution in [1.82, 2.24) is 9.80 Å². The molecule has 0 aromatic rings. The van der Waals surface area contributed by atoms with Crippen LogP contribution in [-0.4, -0.2) is 51.0 Å². The van der Waals surface area contributed by atoms with E-state index in [1.54, 1.807) is 11.8 Å². The average molecular weight is 300 g/mol. The van der Waals surface area contributed by atoms with E-state index in [0.717, 1.165) is 30.3 Å². The van der Waals surface area contributed by atoms with Gasteiger partial charge in [-0.05, 0) is 46.0 Å². The Balaban J connectivity index is 1.81. The second-order valence-electron chi connectivity index (χ2n) is 5.68. The van der Waals surface area contributed by atoms with E-state index in [1.165, 1.54) is 19.3 Å². The molecule has 3 nitrogen and oxygen atoms in total. The minimum atomic E-state index is 0.256. The molecule has 2 fully saturated rings. The number of carbonyl (C=O) groups excluding carboxylic acids is 1. The molecule has 0 bridgehead atoms. The fourth-order valence-electron chi connectivity index (χ4n) is 3.10. The Morgan fingerprint density at radius 2 is 1.74 bits per heavy atom. The molecular formula is C14H24N2OS2. The van der Waals surface area contributed by atoms with Crippen LogP contribution in [0, 0.1) is 0 Å². The number of thioether (sulfide) groups is 1. The van der Waals surface area contributed by atoms with Crippen LogP contribution in [0.1, 0.15) is 46.0 Å². The lowest BCUT2D eigenvalue weighted by Gasteiger charge is -2.39. The second kappa shape index (κ2) is 6.93. The van der Waals surface area contributed by atoms with Crippen LogP contribution in [0.2, 0.25) is 0 Å². The van der Waals surface area contributed by atoms with Gasteiger partial charge < -0.3 is 9.80 Å². The van der Waals surface area contributed by atoms with E-state index < -0.39 is 0 Å². The van der Waals surface area contributed by atoms with Gasteiger partial charge in [0.1, 0.15) is 4.32 Å². The molecular weight excluding hydrogens is 276 g/mol. The van der Waals surface area contributed by atoms with Crippen molar-refractivity contribution in [2.24, 2.45) is 0 Å². The fraction of sp³-hybridized carbons (Fsp3) is 0.857. The van der Waals surface area contributed by atoms with E-state index in [0.29, 0.717) is 17.8 Å². The summed E-state index contributed by atoms with van der Waals surface area (Å²) in [5.41, 5.74) is 0. The van der Waals surface area contributed by atoms with Gasteiger partial charge in [-0.2, -0.15) is 0 Å². The first-order valence-electron chi connectivity index (χ1n) is 7.32. The summed E-state index contributed by atoms with van der Waals surface area (Å²) in [6.07, 6.45) is 5.98. The number of carbonyl (C=O) groups is 1. The Morgan fingerprint density at radius 1 is 1.16 bits per heavy atom. The second-order valence-corrected chi connectivity index (χ2v) is 7.29. The number of hydrogen-bond donors (Lipinski definition) is 0. The molecule has 2 unspecified atom stereocenters. The summed E-state index contributed by atoms with van der Waals surface area (Å²) >= 11 is 6.96. The number of amides is 1. The van der Waals surface area contributed by atoms with E-state index in [4.69, 9.17) is 12.2 Å². The Hall–Kier alpha value is -0.290. The van der Waals surface area contributed by atoms with Crippen molar-refractivity contribution in [3.8, 4) is 0 Å². The van der Waals surface area contributed by atoms with Gasteiger partial charge in [0.2, 0.25) is 5.91 Å². The molecule has 0 saturated carbocycles. The van der Waals surface area contributed by atoms with Crippen LogP contribution in [0.25, 0.3) is 0 Å². The zero-order chi connectivity index (χ0) is 13.8. The number of nitrogens with zero attached hydrogens (tertiary/aromatic N) is 2. The zero-order valence-corrected chi connectivity index (χ0v) is 13.6. The lowest BCUT2D eigenvalue weighted by Crippen LogP contribution is -2.48. The van der Waals surface area contributed by atoms with Crippen LogP contribution in [0.4, 0.5) is 0 Å². The Kier molecular flexibility index (Phi) is 5.51. The van der Waals surface area contributed by atoms with Gasteiger partial charge in [-0.3, -0.25) is 4.79 Å². The summed E-state index contributed by atoms with van der Waals surface area (Å²) in [5.74, 6) is 0.760. The van der Waals surface area contributed by atoms with Crippen molar-refractivity contribution in [3.05, 3.63) is 0 Å². The van der Waals surface area contributed by atoms with Gasteiger partial charge in [-0.1, -0.05) is 24.0 Å². The third-order valence-corrected chi connectivity index (χ3v) is 5.67. The standard InChI is InChI=1S/C14H24N2OS2/c1-11-6-5-7-12(2)16(11)13(17)10-19-14(18)15-8-3-4-9-15/h11-12H,3-10H2,1-2H3. The lowest BCUT2D eigenvalue weighted by atomic mass is 9.98. The van der Waals surface area contributed by atoms with Gasteiger partial charge >= 0.3 is 0 Å². The van der Waals surface area contributed by atoms with Crippen molar-refractivity contribution in [3.63, 3.8) is 0 Å². The summed E-state index contributed by atoms with van der Waals surface area (Å²) in [6, 6.07) is 0.773. The number of thiocarbonyl (C=S) groups is 1. The van der Waals surface area contributed by atoms with E-state index in [2.05, 4.69) is 23.6 Å². The molecule has 2 heterocycles. The first-order chi connectivity index (χ1) is 9.09. The monoisotopic (exact) mass is 300 g/mol. The molecule has 2 aliphatic rings. The fourth-order valence-corrected chi connectivity index (χ4v) is 4.22. The van der Waals surface area contributed by atoms with Crippen LogP contribution in [0.15, 0.2) is 0 Å². The predicted octanol–water partition coefficient (Wildman–Crippen LogP) is 2.89. The molecule has 1 amide bonds. The van der Waals surface area contributed by atoms with Crippen LogP contribution >= 0.6 is 24.0 Å². The minimum absolute atomic E-state index is 0.256. The van der Waals surface area contributed by atoms with Gasteiger partial charge in [0, 0.05) is 25.2 Å². The third kappa shape index (κ3) is 3.85. The maximum Gasteiger partial charge on any atom is 0.233 e. The number of hydrogen-bond acceptors (Lipinski definition) is 3. The van der Waals surface area contributed by atoms with Crippen molar-refractivity contribution < 1.29 is 4.79 Å². The normalized spacial score (nSPS) is 27.7. The highest BCUT2D eigenvalue weighted by Crippen LogP contribution is 2.24. The van der Waals surface area contributed by atoms with E-state index in [9.17, 15) is 4.79 Å². The van der Waals surface area contributed by atoms with Crippen molar-refractivity contribution in [2.75, 3.05) is 18.8 Å². The molecule has 2 saturated heterocycles. The molecule has 19 heavy (non-hydrogen) atoms. The molecule has 0 N–H and O–H groups in total. The lowest BCUT2D eigenvalue weighted by molar-refractivity contribution is -0.134. The maximum atomic E-state index is 12.4. The van der Waals surface area contributed by atoms with Gasteiger partial charge in [-0.15, -0.1) is 0 Å². The molecule has 2 rings (SSSR count). The van der Waals surface area contributed by atoms with Gasteiger partial charge in [0.25, 0.3) is 0 Å². The maximum absolute atomic E-state index is 12.4. The Labute approximate surface area is 126 Å². The molecule has 108 valence electrons. The highest BCUT2D eigenvalue weighted by atomic mass is 32.2. The van der Waals surface area contributed by atoms with E-state index in [1.807, 2.05) is 0 Å². The Morgan fingerprint density at radius 3 is 2.32 bits per heavy atom. The highest BCUT2D eigenvalue weighted by molar-refractivity contribution is 8.23. The summed E-state index contributed by atoms with van der Waals surface area (Å²) < 4.78 is 0.906. The molecule has 5 heteroatoms. The predicted molar refractivity (Wildman–Crippen MR) is 85.5 cm³/mol. The summed E-state index contributed by atoms with van der Waals surface area (Å²) in [7, 11) is 0. The molecule has 2 atom stereocenters. The molecule has 0 radical (unpaired) electrons. The van der Waals surface area contributed by atoms with Crippen LogP contribution < -0.4 is 0 Å². The summed E-state index contributed by atoms with van der Waals surface area (Å²) in [5, 5.41) is 0. The van der Waals surface area contributed by atoms with Crippen molar-refractivity contribution in [2.45, 2.75) is 58.0 Å². The van der Waals surface area contributed by atoms with Crippen molar-refractivity contribution in [1.29, 1.82) is 0 Å². The molecule has 0 aliphatic carbocycles. The molecule has 2 aliphatic heterocycles. The quantitative estimate of drug-likeness (QED) is 0.732. The first kappa shape index (κ1) is 15.1. The molecule has 0 aromatic carbocycles. The third-order valence-electron chi connectivity index (χ3n) is 4.16. The zero-order valence-electron chi connectivity index (χ0n) is 11.9. The minimum Gasteiger partial charge on any atom is -0.358 e. The van der Waals surface area contributed by atoms with Crippen LogP contribution in [0.5, 0.6) is 0 Å². The van der Waals surface area contributed by atoms with Crippen LogP contribution in [0.3, 0.4) is 0 Å². The van der Waals surface area contributed by atoms with Gasteiger partial charge in [0.05, 0.1) is 5.75 Å². The van der Waals surface area contributed by atoms with Gasteiger partial charge in [0.15, 0.2) is 0 Å². The first-order valence-corrected chi connectivity index (χ1v) is 8.72. The average Bonchev–Trinajstić information content (AvgIpc) is 2.89. The van der Waals surface area contributed by atoms with Crippen molar-refractivity contribution >= 4 is 34.2 Å². The van der Waals surface area contributed by atoms with E-state index in [-0.39, 0.29) is 5.91 Å². The number of rotatable bonds is 2. The molecule has 0 aromatic heterocycles. The number of likely N-dealkylation sites (tertiary alicyclic amines) is 2. The van der Waals surface area contributed by atoms with Crippen LogP contribution in [-0.2, 0) is 4.79 Å². The summed E-state index contributed by atoms with van der Waals surface area (Å²) in [4.78, 5) is 16.7. The van der Waals surface area contributed by atoms with Gasteiger partial charge in [-0.25, -0.2) is 0 Å². The largest absolute Gasteiger partial charge is 0.358 e. The topological polar surface area (TPSA) is 23.6 Å². The molecule has 0 spiro atoms. The smallest absolute Gasteiger partial charge is 0.233 e. The highest BCUT2D eigenvalue weighted by Gasteiger charge is 2.29.